The molecule has 1 amide bonds. The number of carboxylic acid groups (broad SMARTS) is 1. The minimum absolute atomic E-state index is 0.165. The molecule has 0 bridgehead atoms. The molecule has 0 aromatic carbocycles. The number of imidazole rings is 1. The zero-order valence-electron chi connectivity index (χ0n) is 10.4. The van der Waals surface area contributed by atoms with Gasteiger partial charge in [0.1, 0.15) is 23.7 Å². The van der Waals surface area contributed by atoms with E-state index in [-0.39, 0.29) is 5.69 Å². The van der Waals surface area contributed by atoms with Gasteiger partial charge in [-0.15, -0.1) is 0 Å². The number of halogens is 1. The first-order valence-corrected chi connectivity index (χ1v) is 5.51. The number of aromatic nitrogens is 2. The summed E-state index contributed by atoms with van der Waals surface area (Å²) >= 11 is 0. The number of rotatable bonds is 3. The normalized spacial score (nSPS) is 10.7. The molecule has 0 saturated carbocycles. The third-order valence-electron chi connectivity index (χ3n) is 2.68. The Morgan fingerprint density at radius 1 is 1.47 bits per heavy atom. The van der Waals surface area contributed by atoms with Crippen LogP contribution in [0.1, 0.15) is 16.2 Å². The van der Waals surface area contributed by atoms with Crippen LogP contribution in [0.2, 0.25) is 0 Å². The second-order valence-corrected chi connectivity index (χ2v) is 4.18. The first-order chi connectivity index (χ1) is 8.90. The maximum absolute atomic E-state index is 13.2. The number of aryl methyl sites for hydroxylation is 1. The fourth-order valence-corrected chi connectivity index (χ4v) is 1.85. The highest BCUT2D eigenvalue weighted by Crippen LogP contribution is 2.14. The van der Waals surface area contributed by atoms with Crippen molar-refractivity contribution in [3.63, 3.8) is 0 Å². The molecule has 0 aliphatic rings. The molecule has 0 aliphatic heterocycles. The molecule has 100 valence electrons. The van der Waals surface area contributed by atoms with Gasteiger partial charge in [-0.25, -0.2) is 9.37 Å². The van der Waals surface area contributed by atoms with E-state index in [1.807, 2.05) is 0 Å². The van der Waals surface area contributed by atoms with E-state index in [0.717, 1.165) is 11.1 Å². The molecule has 19 heavy (non-hydrogen) atoms. The van der Waals surface area contributed by atoms with Crippen LogP contribution in [0.4, 0.5) is 4.39 Å². The molecule has 0 saturated heterocycles. The Bertz CT molecular complexity index is 666. The van der Waals surface area contributed by atoms with Crippen molar-refractivity contribution in [2.45, 2.75) is 6.92 Å². The van der Waals surface area contributed by atoms with E-state index in [1.165, 1.54) is 23.6 Å². The predicted molar refractivity (Wildman–Crippen MR) is 64.5 cm³/mol. The lowest BCUT2D eigenvalue weighted by molar-refractivity contribution is -0.137. The van der Waals surface area contributed by atoms with Crippen LogP contribution in [0, 0.1) is 12.7 Å². The molecule has 1 N–H and O–H groups in total. The highest BCUT2D eigenvalue weighted by atomic mass is 19.1. The molecule has 7 heteroatoms. The van der Waals surface area contributed by atoms with E-state index in [2.05, 4.69) is 4.98 Å². The molecule has 0 radical (unpaired) electrons. The van der Waals surface area contributed by atoms with E-state index in [1.54, 1.807) is 6.92 Å². The minimum atomic E-state index is -1.12. The van der Waals surface area contributed by atoms with Crippen molar-refractivity contribution in [2.24, 2.45) is 0 Å². The van der Waals surface area contributed by atoms with Crippen LogP contribution < -0.4 is 0 Å². The summed E-state index contributed by atoms with van der Waals surface area (Å²) in [5.41, 5.74) is 1.03. The molecule has 2 heterocycles. The van der Waals surface area contributed by atoms with Crippen molar-refractivity contribution in [2.75, 3.05) is 13.6 Å². The van der Waals surface area contributed by atoms with Gasteiger partial charge in [0, 0.05) is 13.2 Å². The second kappa shape index (κ2) is 4.68. The van der Waals surface area contributed by atoms with Crippen LogP contribution in [-0.4, -0.2) is 44.9 Å². The predicted octanol–water partition coefficient (Wildman–Crippen LogP) is 0.938. The second-order valence-electron chi connectivity index (χ2n) is 4.18. The Labute approximate surface area is 108 Å². The lowest BCUT2D eigenvalue weighted by atomic mass is 10.3. The number of hydrogen-bond acceptors (Lipinski definition) is 3. The zero-order chi connectivity index (χ0) is 14.2. The van der Waals surface area contributed by atoms with Crippen LogP contribution in [0.25, 0.3) is 5.65 Å². The van der Waals surface area contributed by atoms with Gasteiger partial charge in [0.05, 0.1) is 5.69 Å². The molecule has 0 spiro atoms. The molecule has 2 aromatic heterocycles. The van der Waals surface area contributed by atoms with Crippen LogP contribution >= 0.6 is 0 Å². The van der Waals surface area contributed by atoms with Gasteiger partial charge in [-0.3, -0.25) is 14.0 Å². The minimum Gasteiger partial charge on any atom is -0.480 e. The van der Waals surface area contributed by atoms with E-state index in [0.29, 0.717) is 11.3 Å². The molecular weight excluding hydrogens is 253 g/mol. The lowest BCUT2D eigenvalue weighted by Gasteiger charge is -2.14. The van der Waals surface area contributed by atoms with E-state index < -0.39 is 24.2 Å². The average molecular weight is 265 g/mol. The summed E-state index contributed by atoms with van der Waals surface area (Å²) in [6, 6.07) is 2.70. The van der Waals surface area contributed by atoms with Crippen molar-refractivity contribution in [1.29, 1.82) is 0 Å². The Morgan fingerprint density at radius 2 is 2.16 bits per heavy atom. The number of hydrogen-bond donors (Lipinski definition) is 1. The highest BCUT2D eigenvalue weighted by molar-refractivity contribution is 5.96. The summed E-state index contributed by atoms with van der Waals surface area (Å²) in [6.07, 6.45) is 1.15. The van der Waals surface area contributed by atoms with E-state index in [9.17, 15) is 14.0 Å². The average Bonchev–Trinajstić information content (AvgIpc) is 2.62. The van der Waals surface area contributed by atoms with Crippen molar-refractivity contribution in [3.05, 3.63) is 35.5 Å². The lowest BCUT2D eigenvalue weighted by Crippen LogP contribution is -2.33. The summed E-state index contributed by atoms with van der Waals surface area (Å²) in [5.74, 6) is -2.13. The fraction of sp³-hybridized carbons (Fsp3) is 0.250. The van der Waals surface area contributed by atoms with Crippen LogP contribution in [0.3, 0.4) is 0 Å². The largest absolute Gasteiger partial charge is 0.480 e. The topological polar surface area (TPSA) is 74.9 Å². The monoisotopic (exact) mass is 265 g/mol. The van der Waals surface area contributed by atoms with Gasteiger partial charge in [-0.05, 0) is 19.1 Å². The quantitative estimate of drug-likeness (QED) is 0.896. The van der Waals surface area contributed by atoms with Gasteiger partial charge in [0.2, 0.25) is 0 Å². The number of amides is 1. The molecule has 2 rings (SSSR count). The third-order valence-corrected chi connectivity index (χ3v) is 2.68. The van der Waals surface area contributed by atoms with Gasteiger partial charge in [0.25, 0.3) is 5.91 Å². The molecule has 2 aromatic rings. The first kappa shape index (κ1) is 13.0. The molecule has 0 unspecified atom stereocenters. The molecule has 0 atom stereocenters. The van der Waals surface area contributed by atoms with Crippen molar-refractivity contribution >= 4 is 17.5 Å². The smallest absolute Gasteiger partial charge is 0.323 e. The summed E-state index contributed by atoms with van der Waals surface area (Å²) < 4.78 is 14.6. The van der Waals surface area contributed by atoms with Crippen LogP contribution in [0.5, 0.6) is 0 Å². The number of carbonyl (C=O) groups excluding carboxylic acids is 1. The summed E-state index contributed by atoms with van der Waals surface area (Å²) in [6.45, 7) is 1.19. The molecule has 0 fully saturated rings. The molecule has 0 aliphatic carbocycles. The van der Waals surface area contributed by atoms with Crippen molar-refractivity contribution in [3.8, 4) is 0 Å². The summed E-state index contributed by atoms with van der Waals surface area (Å²) in [7, 11) is 1.37. The Kier molecular flexibility index (Phi) is 3.20. The number of nitrogens with zero attached hydrogens (tertiary/aromatic N) is 3. The van der Waals surface area contributed by atoms with E-state index >= 15 is 0 Å². The maximum Gasteiger partial charge on any atom is 0.323 e. The van der Waals surface area contributed by atoms with Gasteiger partial charge in [-0.1, -0.05) is 0 Å². The van der Waals surface area contributed by atoms with Crippen molar-refractivity contribution in [1.82, 2.24) is 14.3 Å². The number of pyridine rings is 1. The third kappa shape index (κ3) is 2.40. The Hall–Kier alpha value is -2.44. The SMILES string of the molecule is Cc1nc2ccc(F)cn2c1C(=O)N(C)CC(=O)O. The number of carboxylic acids is 1. The van der Waals surface area contributed by atoms with Crippen LogP contribution in [0.15, 0.2) is 18.3 Å². The van der Waals surface area contributed by atoms with Crippen molar-refractivity contribution < 1.29 is 19.1 Å². The van der Waals surface area contributed by atoms with E-state index in [4.69, 9.17) is 5.11 Å². The first-order valence-electron chi connectivity index (χ1n) is 5.51. The maximum atomic E-state index is 13.2. The highest BCUT2D eigenvalue weighted by Gasteiger charge is 2.21. The van der Waals surface area contributed by atoms with Gasteiger partial charge in [0.15, 0.2) is 0 Å². The number of carbonyl (C=O) groups is 2. The standard InChI is InChI=1S/C12H12FN3O3/c1-7-11(12(19)15(2)6-10(17)18)16-5-8(13)3-4-9(16)14-7/h3-5H,6H2,1-2H3,(H,17,18). The number of aliphatic carboxylic acids is 1. The van der Waals surface area contributed by atoms with Gasteiger partial charge in [-0.2, -0.15) is 0 Å². The molecular formula is C12H12FN3O3. The zero-order valence-corrected chi connectivity index (χ0v) is 10.4. The number of likely N-dealkylation sites (N-methyl/N-ethyl adjacent to an activating group) is 1. The van der Waals surface area contributed by atoms with Gasteiger partial charge >= 0.3 is 5.97 Å². The summed E-state index contributed by atoms with van der Waals surface area (Å²) in [5, 5.41) is 8.68. The Morgan fingerprint density at radius 3 is 2.79 bits per heavy atom. The van der Waals surface area contributed by atoms with Crippen LogP contribution in [-0.2, 0) is 4.79 Å². The summed E-state index contributed by atoms with van der Waals surface area (Å²) in [4.78, 5) is 28.0. The molecule has 6 nitrogen and oxygen atoms in total. The fourth-order valence-electron chi connectivity index (χ4n) is 1.85. The Balaban J connectivity index is 2.49. The number of fused-ring (bicyclic) bond motifs is 1. The van der Waals surface area contributed by atoms with Gasteiger partial charge < -0.3 is 10.0 Å².